The summed E-state index contributed by atoms with van der Waals surface area (Å²) in [6, 6.07) is 14.3. The summed E-state index contributed by atoms with van der Waals surface area (Å²) in [6.07, 6.45) is -4.60. The first-order valence-electron chi connectivity index (χ1n) is 12.3. The van der Waals surface area contributed by atoms with E-state index in [1.54, 1.807) is 21.9 Å². The SMILES string of the molecule is CC(C)(C)OC(=O)N1CC[C@H](N2Cc3ccc(-c4noc(C(F)(F)F)n4)cc3C2=O)[C@@H](c2ccccc2)C1. The molecule has 0 radical (unpaired) electrons. The van der Waals surface area contributed by atoms with Crippen LogP contribution in [-0.4, -0.2) is 56.7 Å². The number of nitrogens with zero attached hydrogens (tertiary/aromatic N) is 4. The molecule has 2 amide bonds. The summed E-state index contributed by atoms with van der Waals surface area (Å²) < 4.78 is 48.6. The van der Waals surface area contributed by atoms with Crippen LogP contribution in [-0.2, 0) is 17.5 Å². The first-order chi connectivity index (χ1) is 17.9. The zero-order chi connectivity index (χ0) is 27.2. The minimum absolute atomic E-state index is 0.151. The van der Waals surface area contributed by atoms with Gasteiger partial charge in [0.15, 0.2) is 0 Å². The molecule has 0 spiro atoms. The van der Waals surface area contributed by atoms with Gasteiger partial charge >= 0.3 is 18.2 Å². The van der Waals surface area contributed by atoms with Crippen LogP contribution in [0.25, 0.3) is 11.4 Å². The third kappa shape index (κ3) is 5.09. The van der Waals surface area contributed by atoms with Crippen molar-refractivity contribution < 1.29 is 32.0 Å². The molecule has 0 saturated carbocycles. The van der Waals surface area contributed by atoms with Gasteiger partial charge in [0.2, 0.25) is 5.82 Å². The van der Waals surface area contributed by atoms with Crippen molar-refractivity contribution in [2.24, 2.45) is 0 Å². The summed E-state index contributed by atoms with van der Waals surface area (Å²) in [5.41, 5.74) is 1.79. The van der Waals surface area contributed by atoms with Crippen LogP contribution in [0.5, 0.6) is 0 Å². The predicted octanol–water partition coefficient (Wildman–Crippen LogP) is 5.50. The zero-order valence-electron chi connectivity index (χ0n) is 21.2. The summed E-state index contributed by atoms with van der Waals surface area (Å²) >= 11 is 0. The maximum atomic E-state index is 13.6. The van der Waals surface area contributed by atoms with Gasteiger partial charge in [-0.25, -0.2) is 4.79 Å². The first kappa shape index (κ1) is 25.7. The van der Waals surface area contributed by atoms with Gasteiger partial charge in [-0.15, -0.1) is 0 Å². The van der Waals surface area contributed by atoms with Gasteiger partial charge in [0.25, 0.3) is 5.91 Å². The molecule has 0 bridgehead atoms. The summed E-state index contributed by atoms with van der Waals surface area (Å²) in [6.45, 7) is 6.63. The number of halogens is 3. The molecule has 1 aromatic heterocycles. The van der Waals surface area contributed by atoms with Crippen molar-refractivity contribution in [2.45, 2.75) is 57.5 Å². The van der Waals surface area contributed by atoms with E-state index in [0.717, 1.165) is 11.1 Å². The fraction of sp³-hybridized carbons (Fsp3) is 0.407. The Hall–Kier alpha value is -3.89. The normalized spacial score (nSPS) is 20.0. The van der Waals surface area contributed by atoms with Crippen molar-refractivity contribution in [1.82, 2.24) is 19.9 Å². The van der Waals surface area contributed by atoms with E-state index < -0.39 is 23.8 Å². The second-order valence-corrected chi connectivity index (χ2v) is 10.5. The largest absolute Gasteiger partial charge is 0.471 e. The number of likely N-dealkylation sites (tertiary alicyclic amines) is 1. The molecule has 38 heavy (non-hydrogen) atoms. The van der Waals surface area contributed by atoms with Crippen LogP contribution < -0.4 is 0 Å². The zero-order valence-corrected chi connectivity index (χ0v) is 21.2. The monoisotopic (exact) mass is 528 g/mol. The van der Waals surface area contributed by atoms with Crippen LogP contribution in [0.4, 0.5) is 18.0 Å². The number of piperidine rings is 1. The molecule has 0 aliphatic carbocycles. The molecule has 2 atom stereocenters. The number of hydrogen-bond donors (Lipinski definition) is 0. The number of aromatic nitrogens is 2. The number of carbonyl (C=O) groups excluding carboxylic acids is 2. The number of rotatable bonds is 3. The standard InChI is InChI=1S/C27H27F3N4O4/c1-26(2,3)37-25(36)33-12-11-21(20(15-33)16-7-5-4-6-8-16)34-14-18-10-9-17(13-19(18)23(34)35)22-31-24(38-32-22)27(28,29)30/h4-10,13,20-21H,11-12,14-15H2,1-3H3/t20-,21+/m1/s1. The third-order valence-electron chi connectivity index (χ3n) is 6.72. The maximum absolute atomic E-state index is 13.6. The van der Waals surface area contributed by atoms with E-state index in [0.29, 0.717) is 31.6 Å². The Morgan fingerprint density at radius 3 is 2.50 bits per heavy atom. The topological polar surface area (TPSA) is 88.8 Å². The van der Waals surface area contributed by atoms with Crippen LogP contribution in [0, 0.1) is 0 Å². The molecule has 0 unspecified atom stereocenters. The average molecular weight is 529 g/mol. The molecule has 200 valence electrons. The maximum Gasteiger partial charge on any atom is 0.471 e. The molecule has 2 aliphatic heterocycles. The summed E-state index contributed by atoms with van der Waals surface area (Å²) in [7, 11) is 0. The minimum Gasteiger partial charge on any atom is -0.444 e. The Morgan fingerprint density at radius 2 is 1.84 bits per heavy atom. The molecule has 3 heterocycles. The highest BCUT2D eigenvalue weighted by Gasteiger charge is 2.42. The lowest BCUT2D eigenvalue weighted by atomic mass is 9.85. The number of alkyl halides is 3. The minimum atomic E-state index is -4.75. The van der Waals surface area contributed by atoms with E-state index in [1.165, 1.54) is 6.07 Å². The van der Waals surface area contributed by atoms with E-state index in [9.17, 15) is 22.8 Å². The summed E-state index contributed by atoms with van der Waals surface area (Å²) in [5.74, 6) is -2.05. The average Bonchev–Trinajstić information content (AvgIpc) is 3.49. The molecule has 11 heteroatoms. The van der Waals surface area contributed by atoms with Crippen molar-refractivity contribution in [3.05, 3.63) is 71.1 Å². The van der Waals surface area contributed by atoms with E-state index in [-0.39, 0.29) is 29.3 Å². The molecule has 2 aromatic carbocycles. The van der Waals surface area contributed by atoms with Gasteiger partial charge in [-0.05, 0) is 44.4 Å². The number of fused-ring (bicyclic) bond motifs is 1. The van der Waals surface area contributed by atoms with Crippen molar-refractivity contribution in [3.63, 3.8) is 0 Å². The Bertz CT molecular complexity index is 1350. The number of hydrogen-bond acceptors (Lipinski definition) is 6. The molecule has 1 fully saturated rings. The third-order valence-corrected chi connectivity index (χ3v) is 6.72. The predicted molar refractivity (Wildman–Crippen MR) is 130 cm³/mol. The lowest BCUT2D eigenvalue weighted by molar-refractivity contribution is -0.159. The number of carbonyl (C=O) groups is 2. The summed E-state index contributed by atoms with van der Waals surface area (Å²) in [5, 5.41) is 3.43. The van der Waals surface area contributed by atoms with Crippen LogP contribution >= 0.6 is 0 Å². The van der Waals surface area contributed by atoms with Crippen LogP contribution in [0.15, 0.2) is 53.1 Å². The summed E-state index contributed by atoms with van der Waals surface area (Å²) in [4.78, 5) is 33.3. The Morgan fingerprint density at radius 1 is 1.11 bits per heavy atom. The lowest BCUT2D eigenvalue weighted by Gasteiger charge is -2.43. The van der Waals surface area contributed by atoms with E-state index in [2.05, 4.69) is 14.7 Å². The van der Waals surface area contributed by atoms with Crippen molar-refractivity contribution in [2.75, 3.05) is 13.1 Å². The first-order valence-corrected chi connectivity index (χ1v) is 12.3. The highest BCUT2D eigenvalue weighted by atomic mass is 19.4. The van der Waals surface area contributed by atoms with Gasteiger partial charge in [-0.2, -0.15) is 18.2 Å². The van der Waals surface area contributed by atoms with Gasteiger partial charge in [0, 0.05) is 42.7 Å². The Balaban J connectivity index is 1.40. The van der Waals surface area contributed by atoms with E-state index in [4.69, 9.17) is 4.74 Å². The number of benzene rings is 2. The van der Waals surface area contributed by atoms with Gasteiger partial charge in [-0.1, -0.05) is 47.6 Å². The molecule has 0 N–H and O–H groups in total. The van der Waals surface area contributed by atoms with Crippen molar-refractivity contribution in [1.29, 1.82) is 0 Å². The molecule has 1 saturated heterocycles. The fourth-order valence-electron chi connectivity index (χ4n) is 5.02. The van der Waals surface area contributed by atoms with E-state index in [1.807, 2.05) is 51.1 Å². The van der Waals surface area contributed by atoms with Gasteiger partial charge in [-0.3, -0.25) is 4.79 Å². The lowest BCUT2D eigenvalue weighted by Crippen LogP contribution is -2.52. The van der Waals surface area contributed by atoms with Crippen molar-refractivity contribution >= 4 is 12.0 Å². The number of amides is 2. The second-order valence-electron chi connectivity index (χ2n) is 10.5. The van der Waals surface area contributed by atoms with E-state index >= 15 is 0 Å². The Kier molecular flexibility index (Phi) is 6.40. The smallest absolute Gasteiger partial charge is 0.444 e. The quantitative estimate of drug-likeness (QED) is 0.446. The van der Waals surface area contributed by atoms with Crippen LogP contribution in [0.2, 0.25) is 0 Å². The molecule has 2 aliphatic rings. The molecule has 8 nitrogen and oxygen atoms in total. The molecular formula is C27H27F3N4O4. The van der Waals surface area contributed by atoms with Gasteiger partial charge in [0.1, 0.15) is 5.60 Å². The highest BCUT2D eigenvalue weighted by molar-refractivity contribution is 5.99. The Labute approximate surface area is 217 Å². The highest BCUT2D eigenvalue weighted by Crippen LogP contribution is 2.37. The van der Waals surface area contributed by atoms with Gasteiger partial charge in [0.05, 0.1) is 0 Å². The van der Waals surface area contributed by atoms with Crippen LogP contribution in [0.1, 0.15) is 60.5 Å². The van der Waals surface area contributed by atoms with Crippen LogP contribution in [0.3, 0.4) is 0 Å². The molecule has 3 aromatic rings. The number of ether oxygens (including phenoxy) is 1. The molecular weight excluding hydrogens is 501 g/mol. The second kappa shape index (κ2) is 9.45. The molecule has 5 rings (SSSR count). The fourth-order valence-corrected chi connectivity index (χ4v) is 5.02. The van der Waals surface area contributed by atoms with Gasteiger partial charge < -0.3 is 19.1 Å². The van der Waals surface area contributed by atoms with Crippen molar-refractivity contribution in [3.8, 4) is 11.4 Å².